The normalized spacial score (nSPS) is 13.8. The van der Waals surface area contributed by atoms with Crippen molar-refractivity contribution in [3.8, 4) is 5.88 Å². The highest BCUT2D eigenvalue weighted by molar-refractivity contribution is 6.32. The molecular formula is C14H17ClN2O4. The van der Waals surface area contributed by atoms with Gasteiger partial charge in [-0.1, -0.05) is 11.6 Å². The molecule has 0 radical (unpaired) electrons. The van der Waals surface area contributed by atoms with Gasteiger partial charge >= 0.3 is 5.97 Å². The minimum atomic E-state index is -0.883. The summed E-state index contributed by atoms with van der Waals surface area (Å²) in [6.07, 6.45) is 4.15. The number of nitrogens with one attached hydrogen (secondary N) is 1. The number of carboxylic acids is 1. The van der Waals surface area contributed by atoms with E-state index in [-0.39, 0.29) is 12.3 Å². The number of rotatable bonds is 8. The van der Waals surface area contributed by atoms with Crippen LogP contribution in [0.1, 0.15) is 36.0 Å². The Morgan fingerprint density at radius 2 is 2.24 bits per heavy atom. The van der Waals surface area contributed by atoms with Gasteiger partial charge in [-0.3, -0.25) is 9.59 Å². The van der Waals surface area contributed by atoms with Crippen LogP contribution in [0, 0.1) is 5.92 Å². The lowest BCUT2D eigenvalue weighted by molar-refractivity contribution is -0.137. The molecule has 0 atom stereocenters. The molecule has 1 aromatic heterocycles. The number of hydrogen-bond donors (Lipinski definition) is 2. The summed E-state index contributed by atoms with van der Waals surface area (Å²) in [5.74, 6) is -0.277. The number of carbonyl (C=O) groups is 2. The molecule has 1 aromatic rings. The second-order valence-electron chi connectivity index (χ2n) is 5.02. The second-order valence-corrected chi connectivity index (χ2v) is 5.43. The van der Waals surface area contributed by atoms with Gasteiger partial charge in [0, 0.05) is 19.2 Å². The van der Waals surface area contributed by atoms with E-state index in [0.717, 1.165) is 0 Å². The number of nitrogens with zero attached hydrogens (tertiary/aromatic N) is 1. The number of amides is 1. The van der Waals surface area contributed by atoms with Gasteiger partial charge < -0.3 is 15.2 Å². The first-order valence-electron chi connectivity index (χ1n) is 6.84. The molecule has 1 saturated carbocycles. The largest absolute Gasteiger partial charge is 0.481 e. The molecule has 1 fully saturated rings. The summed E-state index contributed by atoms with van der Waals surface area (Å²) in [7, 11) is 0. The fourth-order valence-electron chi connectivity index (χ4n) is 1.68. The lowest BCUT2D eigenvalue weighted by Crippen LogP contribution is -2.25. The highest BCUT2D eigenvalue weighted by atomic mass is 35.5. The van der Waals surface area contributed by atoms with Gasteiger partial charge in [0.1, 0.15) is 5.02 Å². The van der Waals surface area contributed by atoms with E-state index in [1.165, 1.54) is 25.1 Å². The molecule has 2 N–H and O–H groups in total. The maximum atomic E-state index is 11.8. The number of aromatic nitrogens is 1. The summed E-state index contributed by atoms with van der Waals surface area (Å²) < 4.78 is 5.48. The topological polar surface area (TPSA) is 88.5 Å². The quantitative estimate of drug-likeness (QED) is 0.718. The van der Waals surface area contributed by atoms with Crippen LogP contribution in [-0.4, -0.2) is 35.1 Å². The van der Waals surface area contributed by atoms with Crippen molar-refractivity contribution in [2.24, 2.45) is 5.92 Å². The first kappa shape index (κ1) is 15.6. The molecule has 1 heterocycles. The van der Waals surface area contributed by atoms with Crippen molar-refractivity contribution in [2.45, 2.75) is 25.7 Å². The Morgan fingerprint density at radius 3 is 2.86 bits per heavy atom. The molecular weight excluding hydrogens is 296 g/mol. The van der Waals surface area contributed by atoms with Crippen molar-refractivity contribution in [3.05, 3.63) is 22.8 Å². The van der Waals surface area contributed by atoms with Gasteiger partial charge in [-0.25, -0.2) is 4.98 Å². The third-order valence-corrected chi connectivity index (χ3v) is 3.35. The van der Waals surface area contributed by atoms with Crippen LogP contribution in [-0.2, 0) is 4.79 Å². The van der Waals surface area contributed by atoms with Gasteiger partial charge in [-0.15, -0.1) is 0 Å². The number of hydrogen-bond acceptors (Lipinski definition) is 4. The van der Waals surface area contributed by atoms with E-state index in [1.54, 1.807) is 0 Å². The molecule has 0 spiro atoms. The fourth-order valence-corrected chi connectivity index (χ4v) is 1.90. The third-order valence-electron chi connectivity index (χ3n) is 3.08. The number of ether oxygens (including phenoxy) is 1. The predicted molar refractivity (Wildman–Crippen MR) is 76.7 cm³/mol. The third kappa shape index (κ3) is 5.23. The molecule has 0 aromatic carbocycles. The van der Waals surface area contributed by atoms with Gasteiger partial charge in [0.15, 0.2) is 0 Å². The highest BCUT2D eigenvalue weighted by Gasteiger charge is 2.22. The second kappa shape index (κ2) is 7.26. The first-order chi connectivity index (χ1) is 10.1. The van der Waals surface area contributed by atoms with E-state index in [0.29, 0.717) is 42.0 Å². The van der Waals surface area contributed by atoms with Crippen LogP contribution in [0.5, 0.6) is 5.88 Å². The lowest BCUT2D eigenvalue weighted by atomic mass is 10.2. The zero-order chi connectivity index (χ0) is 15.2. The summed E-state index contributed by atoms with van der Waals surface area (Å²) >= 11 is 6.04. The number of carbonyl (C=O) groups excluding carboxylic acids is 1. The smallest absolute Gasteiger partial charge is 0.303 e. The lowest BCUT2D eigenvalue weighted by Gasteiger charge is -2.08. The predicted octanol–water partition coefficient (Wildman–Crippen LogP) is 2.12. The molecule has 0 aliphatic heterocycles. The van der Waals surface area contributed by atoms with E-state index in [9.17, 15) is 9.59 Å². The zero-order valence-corrected chi connectivity index (χ0v) is 12.2. The average Bonchev–Trinajstić information content (AvgIpc) is 3.26. The van der Waals surface area contributed by atoms with Crippen molar-refractivity contribution >= 4 is 23.5 Å². The zero-order valence-electron chi connectivity index (χ0n) is 11.5. The van der Waals surface area contributed by atoms with E-state index >= 15 is 0 Å². The average molecular weight is 313 g/mol. The Labute approximate surface area is 127 Å². The fraction of sp³-hybridized carbons (Fsp3) is 0.500. The Balaban J connectivity index is 1.82. The molecule has 21 heavy (non-hydrogen) atoms. The van der Waals surface area contributed by atoms with Crippen LogP contribution in [0.4, 0.5) is 0 Å². The monoisotopic (exact) mass is 312 g/mol. The molecule has 0 saturated heterocycles. The number of carboxylic acid groups (broad SMARTS) is 1. The Morgan fingerprint density at radius 1 is 1.48 bits per heavy atom. The molecule has 114 valence electrons. The summed E-state index contributed by atoms with van der Waals surface area (Å²) in [4.78, 5) is 26.2. The maximum Gasteiger partial charge on any atom is 0.303 e. The Kier molecular flexibility index (Phi) is 5.38. The van der Waals surface area contributed by atoms with Crippen LogP contribution in [0.3, 0.4) is 0 Å². The van der Waals surface area contributed by atoms with E-state index in [2.05, 4.69) is 10.3 Å². The SMILES string of the molecule is O=C(O)CCCNC(=O)c1cnc(OCC2CC2)c(Cl)c1. The van der Waals surface area contributed by atoms with Crippen LogP contribution in [0.2, 0.25) is 5.02 Å². The molecule has 1 amide bonds. The minimum Gasteiger partial charge on any atom is -0.481 e. The van der Waals surface area contributed by atoms with E-state index in [1.807, 2.05) is 0 Å². The van der Waals surface area contributed by atoms with Crippen LogP contribution in [0.25, 0.3) is 0 Å². The van der Waals surface area contributed by atoms with Gasteiger partial charge in [-0.05, 0) is 31.2 Å². The van der Waals surface area contributed by atoms with Crippen molar-refractivity contribution in [1.29, 1.82) is 0 Å². The first-order valence-corrected chi connectivity index (χ1v) is 7.22. The standard InChI is InChI=1S/C14H17ClN2O4/c15-11-6-10(13(20)16-5-1-2-12(18)19)7-17-14(11)21-8-9-3-4-9/h6-7,9H,1-5,8H2,(H,16,20)(H,18,19). The van der Waals surface area contributed by atoms with Crippen molar-refractivity contribution in [1.82, 2.24) is 10.3 Å². The van der Waals surface area contributed by atoms with Gasteiger partial charge in [-0.2, -0.15) is 0 Å². The summed E-state index contributed by atoms with van der Waals surface area (Å²) in [6.45, 7) is 0.899. The van der Waals surface area contributed by atoms with Crippen LogP contribution >= 0.6 is 11.6 Å². The maximum absolute atomic E-state index is 11.8. The molecule has 6 nitrogen and oxygen atoms in total. The number of halogens is 1. The number of pyridine rings is 1. The van der Waals surface area contributed by atoms with Gasteiger partial charge in [0.05, 0.1) is 12.2 Å². The van der Waals surface area contributed by atoms with E-state index < -0.39 is 5.97 Å². The van der Waals surface area contributed by atoms with Gasteiger partial charge in [0.2, 0.25) is 5.88 Å². The molecule has 2 rings (SSSR count). The van der Waals surface area contributed by atoms with Crippen LogP contribution in [0.15, 0.2) is 12.3 Å². The molecule has 0 unspecified atom stereocenters. The van der Waals surface area contributed by atoms with Gasteiger partial charge in [0.25, 0.3) is 5.91 Å². The molecule has 0 bridgehead atoms. The van der Waals surface area contributed by atoms with Crippen molar-refractivity contribution < 1.29 is 19.4 Å². The summed E-state index contributed by atoms with van der Waals surface area (Å²) in [5, 5.41) is 11.4. The number of aliphatic carboxylic acids is 1. The Bertz CT molecular complexity index is 532. The highest BCUT2D eigenvalue weighted by Crippen LogP contribution is 2.30. The summed E-state index contributed by atoms with van der Waals surface area (Å²) in [6, 6.07) is 1.50. The minimum absolute atomic E-state index is 0.0211. The van der Waals surface area contributed by atoms with Crippen LogP contribution < -0.4 is 10.1 Å². The van der Waals surface area contributed by atoms with Crippen molar-refractivity contribution in [3.63, 3.8) is 0 Å². The van der Waals surface area contributed by atoms with Crippen molar-refractivity contribution in [2.75, 3.05) is 13.2 Å². The molecule has 1 aliphatic rings. The summed E-state index contributed by atoms with van der Waals surface area (Å²) in [5.41, 5.74) is 0.328. The molecule has 7 heteroatoms. The van der Waals surface area contributed by atoms with E-state index in [4.69, 9.17) is 21.4 Å². The Hall–Kier alpha value is -1.82. The molecule has 1 aliphatic carbocycles.